The molecule has 4 aromatic rings. The van der Waals surface area contributed by atoms with Crippen molar-refractivity contribution in [2.24, 2.45) is 0 Å². The second-order valence-corrected chi connectivity index (χ2v) is 8.50. The Balaban J connectivity index is 1.71. The van der Waals surface area contributed by atoms with Gasteiger partial charge < -0.3 is 9.88 Å². The third-order valence-corrected chi connectivity index (χ3v) is 6.06. The summed E-state index contributed by atoms with van der Waals surface area (Å²) in [4.78, 5) is 39.4. The van der Waals surface area contributed by atoms with Crippen molar-refractivity contribution in [3.8, 4) is 0 Å². The molecule has 1 aromatic heterocycles. The Hall–Kier alpha value is -3.99. The zero-order valence-electron chi connectivity index (χ0n) is 19.7. The van der Waals surface area contributed by atoms with Crippen molar-refractivity contribution < 1.29 is 9.59 Å². The van der Waals surface area contributed by atoms with E-state index in [1.807, 2.05) is 62.4 Å². The lowest BCUT2D eigenvalue weighted by Crippen LogP contribution is -2.24. The van der Waals surface area contributed by atoms with E-state index in [2.05, 4.69) is 12.2 Å². The molecule has 1 heterocycles. The van der Waals surface area contributed by atoms with Crippen molar-refractivity contribution in [2.45, 2.75) is 40.2 Å². The predicted molar refractivity (Wildman–Crippen MR) is 137 cm³/mol. The van der Waals surface area contributed by atoms with E-state index in [0.29, 0.717) is 22.2 Å². The molecule has 0 fully saturated rings. The van der Waals surface area contributed by atoms with Crippen molar-refractivity contribution in [1.82, 2.24) is 4.57 Å². The molecular weight excluding hydrogens is 424 g/mol. The van der Waals surface area contributed by atoms with Crippen LogP contribution >= 0.6 is 0 Å². The highest BCUT2D eigenvalue weighted by Crippen LogP contribution is 2.18. The average Bonchev–Trinajstić information content (AvgIpc) is 2.85. The van der Waals surface area contributed by atoms with Crippen LogP contribution in [0.5, 0.6) is 0 Å². The molecule has 5 nitrogen and oxygen atoms in total. The highest BCUT2D eigenvalue weighted by atomic mass is 16.2. The van der Waals surface area contributed by atoms with Gasteiger partial charge in [0, 0.05) is 22.8 Å². The van der Waals surface area contributed by atoms with Crippen LogP contribution in [0.1, 0.15) is 46.5 Å². The Kier molecular flexibility index (Phi) is 6.73. The number of nitrogens with one attached hydrogen (secondary N) is 1. The molecule has 172 valence electrons. The summed E-state index contributed by atoms with van der Waals surface area (Å²) >= 11 is 0. The molecule has 0 aliphatic rings. The molecule has 0 unspecified atom stereocenters. The first-order valence-corrected chi connectivity index (χ1v) is 11.6. The number of anilines is 1. The molecule has 0 bridgehead atoms. The van der Waals surface area contributed by atoms with E-state index in [1.54, 1.807) is 22.8 Å². The predicted octanol–water partition coefficient (Wildman–Crippen LogP) is 5.30. The third kappa shape index (κ3) is 4.84. The second-order valence-electron chi connectivity index (χ2n) is 8.50. The van der Waals surface area contributed by atoms with E-state index in [4.69, 9.17) is 0 Å². The Morgan fingerprint density at radius 1 is 0.853 bits per heavy atom. The van der Waals surface area contributed by atoms with E-state index in [1.165, 1.54) is 11.8 Å². The summed E-state index contributed by atoms with van der Waals surface area (Å²) < 4.78 is 1.68. The lowest BCUT2D eigenvalue weighted by atomic mass is 10.00. The average molecular weight is 453 g/mol. The van der Waals surface area contributed by atoms with Crippen molar-refractivity contribution in [2.75, 3.05) is 5.32 Å². The fourth-order valence-electron chi connectivity index (χ4n) is 4.03. The summed E-state index contributed by atoms with van der Waals surface area (Å²) in [5.41, 5.74) is 4.72. The Labute approximate surface area is 199 Å². The zero-order chi connectivity index (χ0) is 24.2. The van der Waals surface area contributed by atoms with Crippen LogP contribution in [0.15, 0.2) is 77.7 Å². The number of benzene rings is 3. The lowest BCUT2D eigenvalue weighted by molar-refractivity contribution is -0.116. The fourth-order valence-corrected chi connectivity index (χ4v) is 4.03. The molecule has 3 aromatic carbocycles. The molecule has 4 rings (SSSR count). The molecule has 0 atom stereocenters. The monoisotopic (exact) mass is 452 g/mol. The number of aryl methyl sites for hydroxylation is 3. The molecule has 0 aliphatic carbocycles. The number of rotatable bonds is 7. The first kappa shape index (κ1) is 23.2. The minimum atomic E-state index is -0.347. The van der Waals surface area contributed by atoms with Crippen molar-refractivity contribution in [3.05, 3.63) is 111 Å². The minimum absolute atomic E-state index is 0.0234. The van der Waals surface area contributed by atoms with Crippen LogP contribution < -0.4 is 10.7 Å². The molecule has 0 saturated carbocycles. The van der Waals surface area contributed by atoms with Gasteiger partial charge in [0.15, 0.2) is 5.78 Å². The molecule has 0 saturated heterocycles. The van der Waals surface area contributed by atoms with Crippen molar-refractivity contribution >= 4 is 28.3 Å². The largest absolute Gasteiger partial charge is 0.337 e. The van der Waals surface area contributed by atoms with Crippen molar-refractivity contribution in [1.29, 1.82) is 0 Å². The van der Waals surface area contributed by atoms with E-state index < -0.39 is 0 Å². The normalized spacial score (nSPS) is 10.9. The maximum absolute atomic E-state index is 13.3. The molecular formula is C29H28N2O3. The van der Waals surface area contributed by atoms with Crippen LogP contribution in [0.25, 0.3) is 10.9 Å². The van der Waals surface area contributed by atoms with E-state index in [0.717, 1.165) is 24.0 Å². The fraction of sp³-hybridized carbons (Fsp3) is 0.207. The summed E-state index contributed by atoms with van der Waals surface area (Å²) in [7, 11) is 0. The van der Waals surface area contributed by atoms with E-state index in [9.17, 15) is 14.4 Å². The Morgan fingerprint density at radius 2 is 1.47 bits per heavy atom. The van der Waals surface area contributed by atoms with Gasteiger partial charge in [0.05, 0.1) is 11.1 Å². The summed E-state index contributed by atoms with van der Waals surface area (Å²) in [5, 5.41) is 3.33. The maximum atomic E-state index is 13.3. The number of carbonyl (C=O) groups is 2. The third-order valence-electron chi connectivity index (χ3n) is 6.06. The van der Waals surface area contributed by atoms with Crippen LogP contribution in [0.2, 0.25) is 0 Å². The summed E-state index contributed by atoms with van der Waals surface area (Å²) in [6.45, 7) is 6.00. The molecule has 0 radical (unpaired) electrons. The standard InChI is InChI=1S/C29H28N2O3/c1-4-20-7-11-22(12-8-20)28(33)25-17-31(26-15-6-19(3)16-24(26)29(25)34)18-27(32)30-23-13-9-21(5-2)10-14-23/h6-17H,4-5,18H2,1-3H3,(H,30,32). The molecule has 5 heteroatoms. The summed E-state index contributed by atoms with van der Waals surface area (Å²) in [5.74, 6) is -0.583. The van der Waals surface area contributed by atoms with Gasteiger partial charge in [-0.25, -0.2) is 0 Å². The number of fused-ring (bicyclic) bond motifs is 1. The molecule has 34 heavy (non-hydrogen) atoms. The summed E-state index contributed by atoms with van der Waals surface area (Å²) in [6.07, 6.45) is 3.30. The molecule has 1 amide bonds. The number of hydrogen-bond donors (Lipinski definition) is 1. The van der Waals surface area contributed by atoms with Crippen LogP contribution in [0.3, 0.4) is 0 Å². The quantitative estimate of drug-likeness (QED) is 0.387. The first-order chi connectivity index (χ1) is 16.4. The maximum Gasteiger partial charge on any atom is 0.244 e. The van der Waals surface area contributed by atoms with Gasteiger partial charge in [-0.05, 0) is 55.2 Å². The van der Waals surface area contributed by atoms with Gasteiger partial charge in [0.1, 0.15) is 6.54 Å². The lowest BCUT2D eigenvalue weighted by Gasteiger charge is -2.14. The smallest absolute Gasteiger partial charge is 0.244 e. The topological polar surface area (TPSA) is 68.2 Å². The van der Waals surface area contributed by atoms with Crippen LogP contribution in [-0.4, -0.2) is 16.3 Å². The van der Waals surface area contributed by atoms with Gasteiger partial charge in [-0.3, -0.25) is 14.4 Å². The van der Waals surface area contributed by atoms with Gasteiger partial charge in [-0.1, -0.05) is 61.9 Å². The highest BCUT2D eigenvalue weighted by molar-refractivity contribution is 6.10. The SMILES string of the molecule is CCc1ccc(NC(=O)Cn2cc(C(=O)c3ccc(CC)cc3)c(=O)c3cc(C)ccc32)cc1. The number of nitrogens with zero attached hydrogens (tertiary/aromatic N) is 1. The Bertz CT molecular complexity index is 1420. The number of carbonyl (C=O) groups excluding carboxylic acids is 2. The molecule has 0 aliphatic heterocycles. The van der Waals surface area contributed by atoms with E-state index >= 15 is 0 Å². The van der Waals surface area contributed by atoms with E-state index in [-0.39, 0.29) is 29.2 Å². The van der Waals surface area contributed by atoms with Gasteiger partial charge in [0.2, 0.25) is 11.3 Å². The first-order valence-electron chi connectivity index (χ1n) is 11.6. The number of pyridine rings is 1. The molecule has 1 N–H and O–H groups in total. The van der Waals surface area contributed by atoms with Gasteiger partial charge in [0.25, 0.3) is 0 Å². The summed E-state index contributed by atoms with van der Waals surface area (Å²) in [6, 6.07) is 20.5. The Morgan fingerprint density at radius 3 is 2.09 bits per heavy atom. The number of amides is 1. The number of hydrogen-bond acceptors (Lipinski definition) is 3. The van der Waals surface area contributed by atoms with Gasteiger partial charge in [-0.15, -0.1) is 0 Å². The zero-order valence-corrected chi connectivity index (χ0v) is 19.7. The van der Waals surface area contributed by atoms with Crippen LogP contribution in [-0.2, 0) is 24.2 Å². The number of aromatic nitrogens is 1. The van der Waals surface area contributed by atoms with Crippen molar-refractivity contribution in [3.63, 3.8) is 0 Å². The number of ketones is 1. The van der Waals surface area contributed by atoms with Crippen LogP contribution in [0, 0.1) is 6.92 Å². The minimum Gasteiger partial charge on any atom is -0.337 e. The van der Waals surface area contributed by atoms with Gasteiger partial charge in [-0.2, -0.15) is 0 Å². The van der Waals surface area contributed by atoms with Crippen LogP contribution in [0.4, 0.5) is 5.69 Å². The second kappa shape index (κ2) is 9.87. The van der Waals surface area contributed by atoms with Gasteiger partial charge >= 0.3 is 0 Å². The molecule has 0 spiro atoms. The highest BCUT2D eigenvalue weighted by Gasteiger charge is 2.18.